The number of fused-ring (bicyclic) bond motifs is 9. The largest absolute Gasteiger partial charge is 0.310 e. The third-order valence-electron chi connectivity index (χ3n) is 10.0. The van der Waals surface area contributed by atoms with Gasteiger partial charge in [-0.15, -0.1) is 0 Å². The van der Waals surface area contributed by atoms with Gasteiger partial charge in [-0.1, -0.05) is 135 Å². The van der Waals surface area contributed by atoms with Crippen LogP contribution in [0.25, 0.3) is 54.6 Å². The van der Waals surface area contributed by atoms with E-state index in [0.29, 0.717) is 0 Å². The third-order valence-corrected chi connectivity index (χ3v) is 10.0. The minimum absolute atomic E-state index is 0.0558. The normalized spacial score (nSPS) is 13.2. The summed E-state index contributed by atoms with van der Waals surface area (Å²) in [5.74, 6) is 0. The molecule has 0 N–H and O–H groups in total. The van der Waals surface area contributed by atoms with E-state index in [0.717, 1.165) is 11.4 Å². The maximum absolute atomic E-state index is 2.40. The van der Waals surface area contributed by atoms with E-state index in [-0.39, 0.29) is 5.41 Å². The topological polar surface area (TPSA) is 3.24 Å². The maximum Gasteiger partial charge on any atom is 0.0465 e. The van der Waals surface area contributed by atoms with Crippen LogP contribution in [0.2, 0.25) is 0 Å². The first-order valence-corrected chi connectivity index (χ1v) is 16.1. The number of para-hydroxylation sites is 1. The summed E-state index contributed by atoms with van der Waals surface area (Å²) in [7, 11) is 0. The summed E-state index contributed by atoms with van der Waals surface area (Å²) in [6.07, 6.45) is 0. The molecule has 0 aliphatic heterocycles. The molecule has 218 valence electrons. The molecule has 0 atom stereocenters. The first kappa shape index (κ1) is 26.7. The molecular formula is C45H33N. The van der Waals surface area contributed by atoms with Crippen LogP contribution in [-0.4, -0.2) is 0 Å². The third kappa shape index (κ3) is 4.02. The highest BCUT2D eigenvalue weighted by atomic mass is 15.1. The predicted octanol–water partition coefficient (Wildman–Crippen LogP) is 12.6. The molecule has 1 nitrogen and oxygen atoms in total. The van der Waals surface area contributed by atoms with Crippen LogP contribution in [0, 0.1) is 0 Å². The van der Waals surface area contributed by atoms with Crippen LogP contribution >= 0.6 is 0 Å². The highest BCUT2D eigenvalue weighted by molar-refractivity contribution is 6.25. The first-order chi connectivity index (χ1) is 22.6. The summed E-state index contributed by atoms with van der Waals surface area (Å²) < 4.78 is 0. The molecule has 1 aliphatic rings. The highest BCUT2D eigenvalue weighted by Gasteiger charge is 2.35. The van der Waals surface area contributed by atoms with Gasteiger partial charge in [-0.2, -0.15) is 0 Å². The summed E-state index contributed by atoms with van der Waals surface area (Å²) in [4.78, 5) is 2.38. The summed E-state index contributed by atoms with van der Waals surface area (Å²) in [5.41, 5.74) is 11.3. The molecule has 0 saturated carbocycles. The Balaban J connectivity index is 1.15. The van der Waals surface area contributed by atoms with Crippen molar-refractivity contribution in [2.45, 2.75) is 19.3 Å². The predicted molar refractivity (Wildman–Crippen MR) is 197 cm³/mol. The van der Waals surface area contributed by atoms with E-state index in [1.807, 2.05) is 0 Å². The molecule has 1 heteroatoms. The number of hydrogen-bond acceptors (Lipinski definition) is 1. The molecule has 0 amide bonds. The molecule has 0 aromatic heterocycles. The smallest absolute Gasteiger partial charge is 0.0465 e. The fraction of sp³-hybridized carbons (Fsp3) is 0.0667. The fourth-order valence-corrected chi connectivity index (χ4v) is 7.75. The van der Waals surface area contributed by atoms with Crippen molar-refractivity contribution < 1.29 is 0 Å². The van der Waals surface area contributed by atoms with Gasteiger partial charge in [-0.3, -0.25) is 0 Å². The van der Waals surface area contributed by atoms with Crippen molar-refractivity contribution in [1.82, 2.24) is 0 Å². The molecule has 0 fully saturated rings. The zero-order valence-electron chi connectivity index (χ0n) is 26.0. The lowest BCUT2D eigenvalue weighted by molar-refractivity contribution is 0.660. The number of hydrogen-bond donors (Lipinski definition) is 0. The standard InChI is InChI=1S/C45H33N/c1-45(2)43-19-11-10-18-40(43)41-27-25-34(29-44(41)45)46(32-12-4-3-5-13-32)33-23-20-30(21-24-33)31-22-26-39-37-16-7-6-14-35(37)36-15-8-9-17-38(36)42(39)28-31/h3-29H,1-2H3. The SMILES string of the molecule is CC1(C)c2ccccc2-c2ccc(N(c3ccccc3)c3ccc(-c4ccc5c6ccccc6c6ccccc6c5c4)cc3)cc21. The molecule has 8 aromatic carbocycles. The van der Waals surface area contributed by atoms with E-state index in [2.05, 4.69) is 183 Å². The van der Waals surface area contributed by atoms with E-state index in [4.69, 9.17) is 0 Å². The maximum atomic E-state index is 2.40. The minimum atomic E-state index is -0.0558. The summed E-state index contributed by atoms with van der Waals surface area (Å²) in [5, 5.41) is 7.80. The van der Waals surface area contributed by atoms with Gasteiger partial charge in [0, 0.05) is 22.5 Å². The zero-order chi connectivity index (χ0) is 30.8. The highest BCUT2D eigenvalue weighted by Crippen LogP contribution is 2.50. The molecule has 0 saturated heterocycles. The molecule has 1 aliphatic carbocycles. The van der Waals surface area contributed by atoms with E-state index >= 15 is 0 Å². The van der Waals surface area contributed by atoms with E-state index < -0.39 is 0 Å². The fourth-order valence-electron chi connectivity index (χ4n) is 7.75. The second-order valence-electron chi connectivity index (χ2n) is 13.0. The van der Waals surface area contributed by atoms with Crippen LogP contribution in [0.15, 0.2) is 164 Å². The van der Waals surface area contributed by atoms with E-state index in [1.165, 1.54) is 71.4 Å². The molecule has 0 heterocycles. The number of nitrogens with zero attached hydrogens (tertiary/aromatic N) is 1. The average Bonchev–Trinajstić information content (AvgIpc) is 3.35. The average molecular weight is 588 g/mol. The number of anilines is 3. The first-order valence-electron chi connectivity index (χ1n) is 16.1. The quantitative estimate of drug-likeness (QED) is 0.185. The molecular weight excluding hydrogens is 555 g/mol. The number of benzene rings is 8. The second kappa shape index (κ2) is 10.2. The Kier molecular flexibility index (Phi) is 5.92. The Morgan fingerprint density at radius 3 is 1.54 bits per heavy atom. The van der Waals surface area contributed by atoms with E-state index in [1.54, 1.807) is 0 Å². The molecule has 46 heavy (non-hydrogen) atoms. The van der Waals surface area contributed by atoms with Gasteiger partial charge >= 0.3 is 0 Å². The molecule has 8 aromatic rings. The summed E-state index contributed by atoms with van der Waals surface area (Å²) in [6.45, 7) is 4.69. The van der Waals surface area contributed by atoms with Crippen molar-refractivity contribution in [3.05, 3.63) is 175 Å². The molecule has 0 spiro atoms. The van der Waals surface area contributed by atoms with Crippen LogP contribution in [-0.2, 0) is 5.41 Å². The van der Waals surface area contributed by atoms with Gasteiger partial charge < -0.3 is 4.90 Å². The summed E-state index contributed by atoms with van der Waals surface area (Å²) >= 11 is 0. The Hall–Kier alpha value is -5.66. The Morgan fingerprint density at radius 2 is 0.848 bits per heavy atom. The number of rotatable bonds is 4. The van der Waals surface area contributed by atoms with Gasteiger partial charge in [0.15, 0.2) is 0 Å². The summed E-state index contributed by atoms with van der Waals surface area (Å²) in [6, 6.07) is 60.1. The minimum Gasteiger partial charge on any atom is -0.310 e. The van der Waals surface area contributed by atoms with Crippen LogP contribution in [0.1, 0.15) is 25.0 Å². The Morgan fingerprint density at radius 1 is 0.348 bits per heavy atom. The van der Waals surface area contributed by atoms with Crippen molar-refractivity contribution in [2.75, 3.05) is 4.90 Å². The Labute approximate surface area is 270 Å². The second-order valence-corrected chi connectivity index (χ2v) is 13.0. The molecule has 0 radical (unpaired) electrons. The van der Waals surface area contributed by atoms with Crippen molar-refractivity contribution >= 4 is 49.4 Å². The van der Waals surface area contributed by atoms with Gasteiger partial charge in [0.2, 0.25) is 0 Å². The molecule has 0 unspecified atom stereocenters. The van der Waals surface area contributed by atoms with Gasteiger partial charge in [0.1, 0.15) is 0 Å². The Bertz CT molecular complexity index is 2400. The lowest BCUT2D eigenvalue weighted by atomic mass is 9.82. The van der Waals surface area contributed by atoms with Crippen LogP contribution in [0.5, 0.6) is 0 Å². The van der Waals surface area contributed by atoms with Gasteiger partial charge in [-0.05, 0) is 108 Å². The van der Waals surface area contributed by atoms with Crippen LogP contribution in [0.3, 0.4) is 0 Å². The van der Waals surface area contributed by atoms with Crippen molar-refractivity contribution in [3.8, 4) is 22.3 Å². The van der Waals surface area contributed by atoms with Crippen LogP contribution < -0.4 is 4.90 Å². The van der Waals surface area contributed by atoms with Gasteiger partial charge in [-0.25, -0.2) is 0 Å². The molecule has 0 bridgehead atoms. The van der Waals surface area contributed by atoms with E-state index in [9.17, 15) is 0 Å². The van der Waals surface area contributed by atoms with Crippen molar-refractivity contribution in [2.24, 2.45) is 0 Å². The zero-order valence-corrected chi connectivity index (χ0v) is 26.0. The van der Waals surface area contributed by atoms with Gasteiger partial charge in [0.25, 0.3) is 0 Å². The van der Waals surface area contributed by atoms with Crippen molar-refractivity contribution in [1.29, 1.82) is 0 Å². The lowest BCUT2D eigenvalue weighted by Gasteiger charge is -2.28. The van der Waals surface area contributed by atoms with Crippen LogP contribution in [0.4, 0.5) is 17.1 Å². The van der Waals surface area contributed by atoms with Crippen molar-refractivity contribution in [3.63, 3.8) is 0 Å². The lowest BCUT2D eigenvalue weighted by Crippen LogP contribution is -2.16. The monoisotopic (exact) mass is 587 g/mol. The molecule has 9 rings (SSSR count). The van der Waals surface area contributed by atoms with Gasteiger partial charge in [0.05, 0.1) is 0 Å².